The van der Waals surface area contributed by atoms with Gasteiger partial charge in [0.05, 0.1) is 0 Å². The van der Waals surface area contributed by atoms with Crippen molar-refractivity contribution in [3.8, 4) is 0 Å². The van der Waals surface area contributed by atoms with Gasteiger partial charge in [0.25, 0.3) is 30.8 Å². The van der Waals surface area contributed by atoms with Crippen molar-refractivity contribution < 1.29 is 82.7 Å². The van der Waals surface area contributed by atoms with Crippen LogP contribution in [0.15, 0.2) is 30.3 Å². The van der Waals surface area contributed by atoms with E-state index in [0.717, 1.165) is 0 Å². The van der Waals surface area contributed by atoms with Crippen molar-refractivity contribution in [3.63, 3.8) is 0 Å². The van der Waals surface area contributed by atoms with Crippen LogP contribution in [0, 0.1) is 5.82 Å². The highest BCUT2D eigenvalue weighted by Gasteiger charge is 2.91. The van der Waals surface area contributed by atoms with Gasteiger partial charge in [-0.1, -0.05) is 18.2 Å². The van der Waals surface area contributed by atoms with Crippen LogP contribution in [-0.2, 0) is 20.6 Å². The van der Waals surface area contributed by atoms with E-state index >= 15 is 0 Å². The van der Waals surface area contributed by atoms with Gasteiger partial charge in [-0.15, -0.1) is 0 Å². The number of hydrogen-bond donors (Lipinski definition) is 0. The number of halogens is 15. The monoisotopic (exact) mass is 586 g/mol. The van der Waals surface area contributed by atoms with Gasteiger partial charge in [-0.25, -0.2) is 4.39 Å². The van der Waals surface area contributed by atoms with Crippen molar-refractivity contribution in [3.05, 3.63) is 36.1 Å². The Hall–Kier alpha value is -2.45. The molecule has 21 heteroatoms. The summed E-state index contributed by atoms with van der Waals surface area (Å²) in [5.41, 5.74) is 0. The molecule has 0 saturated carbocycles. The van der Waals surface area contributed by atoms with E-state index in [1.807, 2.05) is 0 Å². The van der Waals surface area contributed by atoms with Crippen LogP contribution in [0.3, 0.4) is 0 Å². The molecule has 1 aromatic carbocycles. The van der Waals surface area contributed by atoms with Gasteiger partial charge in [-0.05, 0) is 12.1 Å². The van der Waals surface area contributed by atoms with Gasteiger partial charge in [0.1, 0.15) is 5.82 Å². The summed E-state index contributed by atoms with van der Waals surface area (Å²) in [6, 6.07) is 7.94. The van der Waals surface area contributed by atoms with E-state index in [0.29, 0.717) is 0 Å². The molecule has 0 heterocycles. The molecule has 0 unspecified atom stereocenters. The SMILES string of the molecule is Fc1ccccc1.O=S(=O)=C(F)C(F)(F)C(F)(F)C(F)(F)C(F)(F)C(F)(F)C(F)(F)C(F)=S(=O)=O. The molecule has 0 aliphatic rings. The van der Waals surface area contributed by atoms with Crippen LogP contribution in [0.2, 0.25) is 0 Å². The van der Waals surface area contributed by atoms with Gasteiger partial charge in [0.2, 0.25) is 0 Å². The molecule has 202 valence electrons. The first kappa shape index (κ1) is 32.5. The average Bonchev–Trinajstić information content (AvgIpc) is 2.72. The molecule has 0 amide bonds. The standard InChI is InChI=1S/C8F14O4S2.C6H5F/c9-1(27(23)24)3(11,12)5(15,16)7(19,20)8(21,22)6(17,18)4(13,14)2(10)28(25)26;7-6-4-2-1-3-5-6/h;1-5H. The Morgan fingerprint density at radius 1 is 0.514 bits per heavy atom. The highest BCUT2D eigenvalue weighted by Crippen LogP contribution is 2.60. The van der Waals surface area contributed by atoms with E-state index in [1.54, 1.807) is 18.2 Å². The molecular formula is C14H5F15O4S2. The molecule has 0 N–H and O–H groups in total. The van der Waals surface area contributed by atoms with Crippen LogP contribution in [0.4, 0.5) is 65.9 Å². The van der Waals surface area contributed by atoms with Crippen LogP contribution in [0.5, 0.6) is 0 Å². The Bertz CT molecular complexity index is 1100. The molecule has 1 rings (SSSR count). The van der Waals surface area contributed by atoms with Crippen molar-refractivity contribution in [1.29, 1.82) is 0 Å². The molecule has 0 bridgehead atoms. The molecule has 0 aliphatic heterocycles. The summed E-state index contributed by atoms with van der Waals surface area (Å²) < 4.78 is 232. The summed E-state index contributed by atoms with van der Waals surface area (Å²) in [5, 5.41) is -8.94. The van der Waals surface area contributed by atoms with Crippen LogP contribution >= 0.6 is 0 Å². The maximum atomic E-state index is 13.1. The molecular weight excluding hydrogens is 581 g/mol. The zero-order valence-corrected chi connectivity index (χ0v) is 17.1. The minimum absolute atomic E-state index is 0.178. The van der Waals surface area contributed by atoms with E-state index in [2.05, 4.69) is 0 Å². The fraction of sp³-hybridized carbons (Fsp3) is 0.429. The molecule has 4 nitrogen and oxygen atoms in total. The zero-order valence-electron chi connectivity index (χ0n) is 15.5. The topological polar surface area (TPSA) is 68.3 Å². The Balaban J connectivity index is 0.00000140. The van der Waals surface area contributed by atoms with E-state index in [9.17, 15) is 82.7 Å². The summed E-state index contributed by atoms with van der Waals surface area (Å²) >= 11 is 0. The molecule has 1 aromatic rings. The average molecular weight is 586 g/mol. The van der Waals surface area contributed by atoms with Gasteiger partial charge in [0, 0.05) is 0 Å². The number of alkyl halides is 12. The van der Waals surface area contributed by atoms with Gasteiger partial charge >= 0.3 is 35.5 Å². The second-order valence-corrected chi connectivity index (χ2v) is 7.41. The smallest absolute Gasteiger partial charge is 0.207 e. The van der Waals surface area contributed by atoms with Crippen molar-refractivity contribution in [2.45, 2.75) is 35.5 Å². The van der Waals surface area contributed by atoms with E-state index in [1.165, 1.54) is 12.1 Å². The van der Waals surface area contributed by atoms with Gasteiger partial charge in [-0.3, -0.25) is 0 Å². The fourth-order valence-electron chi connectivity index (χ4n) is 1.66. The van der Waals surface area contributed by atoms with Crippen molar-refractivity contribution in [2.24, 2.45) is 0 Å². The summed E-state index contributed by atoms with van der Waals surface area (Å²) in [4.78, 5) is 0. The third-order valence-electron chi connectivity index (χ3n) is 3.49. The summed E-state index contributed by atoms with van der Waals surface area (Å²) in [6.45, 7) is 0. The quantitative estimate of drug-likeness (QED) is 0.267. The van der Waals surface area contributed by atoms with Gasteiger partial charge in [-0.2, -0.15) is 78.3 Å². The van der Waals surface area contributed by atoms with Crippen LogP contribution in [0.25, 0.3) is 0 Å². The molecule has 0 aromatic heterocycles. The van der Waals surface area contributed by atoms with Gasteiger partial charge in [0.15, 0.2) is 0 Å². The van der Waals surface area contributed by atoms with Gasteiger partial charge < -0.3 is 0 Å². The normalized spacial score (nSPS) is 13.5. The first-order chi connectivity index (χ1) is 15.4. The summed E-state index contributed by atoms with van der Waals surface area (Å²) in [5.74, 6) is -48.2. The first-order valence-corrected chi connectivity index (χ1v) is 9.72. The number of hydrogen-bond acceptors (Lipinski definition) is 4. The third kappa shape index (κ3) is 5.54. The molecule has 0 aliphatic carbocycles. The van der Waals surface area contributed by atoms with E-state index < -0.39 is 66.4 Å². The fourth-order valence-corrected chi connectivity index (χ4v) is 2.33. The van der Waals surface area contributed by atoms with Crippen molar-refractivity contribution in [1.82, 2.24) is 0 Å². The zero-order chi connectivity index (χ0) is 28.4. The third-order valence-corrected chi connectivity index (χ3v) is 4.59. The number of rotatable bonds is 7. The lowest BCUT2D eigenvalue weighted by molar-refractivity contribution is -0.411. The number of benzene rings is 1. The predicted molar refractivity (Wildman–Crippen MR) is 86.2 cm³/mol. The van der Waals surface area contributed by atoms with Crippen molar-refractivity contribution >= 4 is 30.8 Å². The first-order valence-electron chi connectivity index (χ1n) is 7.57. The molecule has 0 atom stereocenters. The Morgan fingerprint density at radius 3 is 0.943 bits per heavy atom. The molecule has 0 saturated heterocycles. The molecule has 0 radical (unpaired) electrons. The molecule has 0 spiro atoms. The predicted octanol–water partition coefficient (Wildman–Crippen LogP) is 4.58. The Morgan fingerprint density at radius 2 is 0.771 bits per heavy atom. The second kappa shape index (κ2) is 10.3. The lowest BCUT2D eigenvalue weighted by Gasteiger charge is -2.39. The summed E-state index contributed by atoms with van der Waals surface area (Å²) in [6.07, 6.45) is 0. The van der Waals surface area contributed by atoms with E-state index in [4.69, 9.17) is 0 Å². The maximum Gasteiger partial charge on any atom is 0.386 e. The van der Waals surface area contributed by atoms with Crippen LogP contribution in [0.1, 0.15) is 0 Å². The maximum absolute atomic E-state index is 13.1. The largest absolute Gasteiger partial charge is 0.386 e. The van der Waals surface area contributed by atoms with E-state index in [-0.39, 0.29) is 5.82 Å². The minimum atomic E-state index is -8.40. The van der Waals surface area contributed by atoms with Crippen LogP contribution in [-0.4, -0.2) is 62.6 Å². The lowest BCUT2D eigenvalue weighted by atomic mass is 9.92. The Labute approximate surface area is 186 Å². The minimum Gasteiger partial charge on any atom is -0.207 e. The molecule has 0 fully saturated rings. The summed E-state index contributed by atoms with van der Waals surface area (Å²) in [7, 11) is -10.3. The highest BCUT2D eigenvalue weighted by molar-refractivity contribution is 7.73. The molecule has 35 heavy (non-hydrogen) atoms. The lowest BCUT2D eigenvalue weighted by Crippen LogP contribution is -2.72. The highest BCUT2D eigenvalue weighted by atomic mass is 32.2. The van der Waals surface area contributed by atoms with Crippen molar-refractivity contribution in [2.75, 3.05) is 0 Å². The Kier molecular flexibility index (Phi) is 9.55. The van der Waals surface area contributed by atoms with Crippen LogP contribution < -0.4 is 0 Å². The second-order valence-electron chi connectivity index (χ2n) is 5.76.